The molecule has 2 N–H and O–H groups in total. The van der Waals surface area contributed by atoms with E-state index in [-0.39, 0.29) is 5.41 Å². The molecule has 0 aliphatic carbocycles. The summed E-state index contributed by atoms with van der Waals surface area (Å²) in [5.74, 6) is 0. The Labute approximate surface area is 98.7 Å². The van der Waals surface area contributed by atoms with Gasteiger partial charge in [-0.1, -0.05) is 20.8 Å². The molecule has 1 heterocycles. The summed E-state index contributed by atoms with van der Waals surface area (Å²) in [6.07, 6.45) is 1.79. The van der Waals surface area contributed by atoms with Crippen molar-refractivity contribution in [2.75, 3.05) is 12.8 Å². The molecule has 1 aromatic heterocycles. The zero-order chi connectivity index (χ0) is 12.3. The summed E-state index contributed by atoms with van der Waals surface area (Å²) in [7, 11) is 2.12. The zero-order valence-electron chi connectivity index (χ0n) is 11.0. The molecule has 1 unspecified atom stereocenters. The lowest BCUT2D eigenvalue weighted by atomic mass is 9.87. The van der Waals surface area contributed by atoms with Crippen molar-refractivity contribution >= 4 is 5.69 Å². The lowest BCUT2D eigenvalue weighted by molar-refractivity contribution is 0.133. The van der Waals surface area contributed by atoms with Crippen LogP contribution in [0.15, 0.2) is 18.3 Å². The zero-order valence-corrected chi connectivity index (χ0v) is 11.0. The van der Waals surface area contributed by atoms with E-state index in [9.17, 15) is 0 Å². The van der Waals surface area contributed by atoms with E-state index in [2.05, 4.69) is 44.6 Å². The molecule has 1 rings (SSSR count). The number of nitrogens with zero attached hydrogens (tertiary/aromatic N) is 2. The number of nitrogen functional groups attached to an aromatic ring is 1. The second kappa shape index (κ2) is 4.83. The van der Waals surface area contributed by atoms with E-state index < -0.39 is 0 Å². The number of hydrogen-bond donors (Lipinski definition) is 1. The van der Waals surface area contributed by atoms with Gasteiger partial charge in [0, 0.05) is 18.8 Å². The van der Waals surface area contributed by atoms with Gasteiger partial charge in [-0.25, -0.2) is 0 Å². The predicted octanol–water partition coefficient (Wildman–Crippen LogP) is 2.53. The average Bonchev–Trinajstić information content (AvgIpc) is 2.19. The predicted molar refractivity (Wildman–Crippen MR) is 69.0 cm³/mol. The Balaban J connectivity index is 2.72. The van der Waals surface area contributed by atoms with Crippen LogP contribution in [0.25, 0.3) is 0 Å². The molecule has 1 atom stereocenters. The van der Waals surface area contributed by atoms with E-state index in [1.54, 1.807) is 6.20 Å². The van der Waals surface area contributed by atoms with Crippen molar-refractivity contribution in [2.24, 2.45) is 5.41 Å². The van der Waals surface area contributed by atoms with Crippen molar-refractivity contribution in [3.05, 3.63) is 24.0 Å². The lowest BCUT2D eigenvalue weighted by Crippen LogP contribution is -2.39. The number of hydrogen-bond acceptors (Lipinski definition) is 3. The number of aromatic nitrogens is 1. The van der Waals surface area contributed by atoms with Crippen molar-refractivity contribution in [1.82, 2.24) is 9.88 Å². The molecule has 0 bridgehead atoms. The maximum Gasteiger partial charge on any atom is 0.0772 e. The first-order valence-corrected chi connectivity index (χ1v) is 5.72. The smallest absolute Gasteiger partial charge is 0.0772 e. The molecule has 3 nitrogen and oxygen atoms in total. The van der Waals surface area contributed by atoms with Crippen molar-refractivity contribution in [2.45, 2.75) is 40.3 Å². The van der Waals surface area contributed by atoms with Gasteiger partial charge in [0.15, 0.2) is 0 Å². The van der Waals surface area contributed by atoms with E-state index in [1.807, 2.05) is 12.1 Å². The van der Waals surface area contributed by atoms with E-state index in [0.717, 1.165) is 17.9 Å². The summed E-state index contributed by atoms with van der Waals surface area (Å²) in [4.78, 5) is 6.61. The third-order valence-electron chi connectivity index (χ3n) is 3.24. The highest BCUT2D eigenvalue weighted by Gasteiger charge is 2.24. The standard InChI is InChI=1S/C13H23N3/c1-10(13(2,3)4)16(5)9-12-11(14)7-6-8-15-12/h6-8,10H,9,14H2,1-5H3. The van der Waals surface area contributed by atoms with Crippen LogP contribution in [-0.2, 0) is 6.54 Å². The van der Waals surface area contributed by atoms with Crippen LogP contribution in [0.3, 0.4) is 0 Å². The summed E-state index contributed by atoms with van der Waals surface area (Å²) in [5, 5.41) is 0. The molecule has 0 saturated heterocycles. The van der Waals surface area contributed by atoms with Crippen LogP contribution in [0, 0.1) is 5.41 Å². The number of pyridine rings is 1. The minimum Gasteiger partial charge on any atom is -0.397 e. The number of rotatable bonds is 3. The summed E-state index contributed by atoms with van der Waals surface area (Å²) in [6, 6.07) is 4.25. The molecule has 0 radical (unpaired) electrons. The molecule has 0 aliphatic heterocycles. The molecule has 0 spiro atoms. The first-order valence-electron chi connectivity index (χ1n) is 5.72. The highest BCUT2D eigenvalue weighted by Crippen LogP contribution is 2.24. The van der Waals surface area contributed by atoms with Crippen LogP contribution in [0.2, 0.25) is 0 Å². The summed E-state index contributed by atoms with van der Waals surface area (Å²) >= 11 is 0. The van der Waals surface area contributed by atoms with E-state index in [4.69, 9.17) is 5.73 Å². The van der Waals surface area contributed by atoms with Crippen LogP contribution >= 0.6 is 0 Å². The van der Waals surface area contributed by atoms with Gasteiger partial charge in [0.25, 0.3) is 0 Å². The third-order valence-corrected chi connectivity index (χ3v) is 3.24. The topological polar surface area (TPSA) is 42.2 Å². The highest BCUT2D eigenvalue weighted by molar-refractivity contribution is 5.41. The minimum absolute atomic E-state index is 0.262. The van der Waals surface area contributed by atoms with Gasteiger partial charge in [-0.05, 0) is 31.5 Å². The summed E-state index contributed by atoms with van der Waals surface area (Å²) in [5.41, 5.74) is 7.88. The molecule has 0 amide bonds. The van der Waals surface area contributed by atoms with Gasteiger partial charge in [0.05, 0.1) is 11.4 Å². The van der Waals surface area contributed by atoms with Crippen molar-refractivity contribution in [3.63, 3.8) is 0 Å². The van der Waals surface area contributed by atoms with Crippen LogP contribution in [0.5, 0.6) is 0 Å². The summed E-state index contributed by atoms with van der Waals surface area (Å²) in [6.45, 7) is 9.77. The molecule has 0 aliphatic rings. The van der Waals surface area contributed by atoms with Crippen LogP contribution < -0.4 is 5.73 Å². The molecule has 3 heteroatoms. The molecule has 0 saturated carbocycles. The minimum atomic E-state index is 0.262. The van der Waals surface area contributed by atoms with E-state index >= 15 is 0 Å². The normalized spacial score (nSPS) is 14.1. The highest BCUT2D eigenvalue weighted by atomic mass is 15.1. The first kappa shape index (κ1) is 13.0. The molecule has 1 aromatic rings. The van der Waals surface area contributed by atoms with E-state index in [0.29, 0.717) is 6.04 Å². The SMILES string of the molecule is CC(N(C)Cc1ncccc1N)C(C)(C)C. The Morgan fingerprint density at radius 1 is 1.44 bits per heavy atom. The second-order valence-corrected chi connectivity index (χ2v) is 5.50. The van der Waals surface area contributed by atoms with Gasteiger partial charge in [0.1, 0.15) is 0 Å². The van der Waals surface area contributed by atoms with Crippen LogP contribution in [0.1, 0.15) is 33.4 Å². The fraction of sp³-hybridized carbons (Fsp3) is 0.615. The Hall–Kier alpha value is -1.09. The van der Waals surface area contributed by atoms with Gasteiger partial charge < -0.3 is 5.73 Å². The molecular formula is C13H23N3. The third kappa shape index (κ3) is 3.20. The molecule has 0 fully saturated rings. The monoisotopic (exact) mass is 221 g/mol. The molecular weight excluding hydrogens is 198 g/mol. The Kier molecular flexibility index (Phi) is 3.92. The van der Waals surface area contributed by atoms with Gasteiger partial charge in [-0.3, -0.25) is 9.88 Å². The maximum absolute atomic E-state index is 5.89. The fourth-order valence-corrected chi connectivity index (χ4v) is 1.62. The largest absolute Gasteiger partial charge is 0.397 e. The molecule has 90 valence electrons. The molecule has 16 heavy (non-hydrogen) atoms. The quantitative estimate of drug-likeness (QED) is 0.853. The van der Waals surface area contributed by atoms with Crippen molar-refractivity contribution in [1.29, 1.82) is 0 Å². The average molecular weight is 221 g/mol. The number of anilines is 1. The van der Waals surface area contributed by atoms with Gasteiger partial charge in [-0.15, -0.1) is 0 Å². The molecule has 0 aromatic carbocycles. The second-order valence-electron chi connectivity index (χ2n) is 5.50. The number of nitrogens with two attached hydrogens (primary N) is 1. The lowest BCUT2D eigenvalue weighted by Gasteiger charge is -2.35. The maximum atomic E-state index is 5.89. The van der Waals surface area contributed by atoms with Gasteiger partial charge >= 0.3 is 0 Å². The Morgan fingerprint density at radius 3 is 2.56 bits per heavy atom. The van der Waals surface area contributed by atoms with Crippen molar-refractivity contribution < 1.29 is 0 Å². The van der Waals surface area contributed by atoms with Gasteiger partial charge in [-0.2, -0.15) is 0 Å². The first-order chi connectivity index (χ1) is 7.32. The van der Waals surface area contributed by atoms with Crippen LogP contribution in [0.4, 0.5) is 5.69 Å². The van der Waals surface area contributed by atoms with Crippen LogP contribution in [-0.4, -0.2) is 23.0 Å². The van der Waals surface area contributed by atoms with Crippen molar-refractivity contribution in [3.8, 4) is 0 Å². The Morgan fingerprint density at radius 2 is 2.06 bits per heavy atom. The van der Waals surface area contributed by atoms with Gasteiger partial charge in [0.2, 0.25) is 0 Å². The Bertz CT molecular complexity index is 341. The fourth-order valence-electron chi connectivity index (χ4n) is 1.62. The summed E-state index contributed by atoms with van der Waals surface area (Å²) < 4.78 is 0. The van der Waals surface area contributed by atoms with E-state index in [1.165, 1.54) is 0 Å².